The molecule has 0 bridgehead atoms. The van der Waals surface area contributed by atoms with Crippen LogP contribution in [0.15, 0.2) is 48.8 Å². The summed E-state index contributed by atoms with van der Waals surface area (Å²) >= 11 is 0. The van der Waals surface area contributed by atoms with Crippen molar-refractivity contribution >= 4 is 0 Å². The van der Waals surface area contributed by atoms with E-state index in [-0.39, 0.29) is 0 Å². The number of hydrogen-bond donors (Lipinski definition) is 1. The fourth-order valence-corrected chi connectivity index (χ4v) is 2.42. The molecule has 0 aliphatic heterocycles. The van der Waals surface area contributed by atoms with Crippen molar-refractivity contribution in [2.75, 3.05) is 7.05 Å². The van der Waals surface area contributed by atoms with Crippen molar-refractivity contribution in [3.05, 3.63) is 59.9 Å². The average Bonchev–Trinajstić information content (AvgIpc) is 2.79. The maximum absolute atomic E-state index is 3.38. The second-order valence-electron chi connectivity index (χ2n) is 5.11. The minimum Gasteiger partial charge on any atom is -0.350 e. The average molecular weight is 242 g/mol. The summed E-state index contributed by atoms with van der Waals surface area (Å²) in [6, 6.07) is 13.2. The summed E-state index contributed by atoms with van der Waals surface area (Å²) in [5.74, 6) is 0.600. The molecule has 0 amide bonds. The molecular formula is C16H22N2. The molecule has 2 rings (SSSR count). The van der Waals surface area contributed by atoms with Crippen molar-refractivity contribution < 1.29 is 0 Å². The van der Waals surface area contributed by atoms with E-state index in [0.717, 1.165) is 6.54 Å². The third kappa shape index (κ3) is 3.02. The van der Waals surface area contributed by atoms with E-state index in [2.05, 4.69) is 72.5 Å². The van der Waals surface area contributed by atoms with Crippen molar-refractivity contribution in [1.82, 2.24) is 9.88 Å². The van der Waals surface area contributed by atoms with E-state index >= 15 is 0 Å². The topological polar surface area (TPSA) is 17.0 Å². The van der Waals surface area contributed by atoms with Gasteiger partial charge in [-0.1, -0.05) is 44.2 Å². The lowest BCUT2D eigenvalue weighted by molar-refractivity contribution is 0.443. The van der Waals surface area contributed by atoms with E-state index in [1.54, 1.807) is 0 Å². The Morgan fingerprint density at radius 3 is 2.44 bits per heavy atom. The Morgan fingerprint density at radius 2 is 1.83 bits per heavy atom. The van der Waals surface area contributed by atoms with Crippen molar-refractivity contribution in [3.63, 3.8) is 0 Å². The fourth-order valence-electron chi connectivity index (χ4n) is 2.42. The molecule has 1 aromatic carbocycles. The van der Waals surface area contributed by atoms with Gasteiger partial charge < -0.3 is 9.88 Å². The van der Waals surface area contributed by atoms with Crippen molar-refractivity contribution in [3.8, 4) is 0 Å². The normalized spacial score (nSPS) is 12.9. The fraction of sp³-hybridized carbons (Fsp3) is 0.375. The van der Waals surface area contributed by atoms with Crippen LogP contribution in [0.2, 0.25) is 0 Å². The summed E-state index contributed by atoms with van der Waals surface area (Å²) < 4.78 is 2.25. The van der Waals surface area contributed by atoms with Crippen LogP contribution >= 0.6 is 0 Å². The van der Waals surface area contributed by atoms with Crippen LogP contribution in [0, 0.1) is 5.92 Å². The molecule has 0 aliphatic rings. The molecule has 0 spiro atoms. The van der Waals surface area contributed by atoms with Gasteiger partial charge in [0.15, 0.2) is 0 Å². The molecule has 1 unspecified atom stereocenters. The molecule has 1 N–H and O–H groups in total. The Hall–Kier alpha value is -1.54. The van der Waals surface area contributed by atoms with Gasteiger partial charge in [0.25, 0.3) is 0 Å². The first-order valence-electron chi connectivity index (χ1n) is 6.57. The zero-order chi connectivity index (χ0) is 13.0. The number of nitrogens with one attached hydrogen (secondary N) is 1. The molecule has 2 heteroatoms. The van der Waals surface area contributed by atoms with E-state index in [4.69, 9.17) is 0 Å². The number of benzene rings is 1. The summed E-state index contributed by atoms with van der Waals surface area (Å²) in [7, 11) is 2.03. The largest absolute Gasteiger partial charge is 0.350 e. The SMILES string of the molecule is CNC(c1ccn(Cc2ccccc2)c1)C(C)C. The molecule has 0 aliphatic carbocycles. The van der Waals surface area contributed by atoms with Crippen LogP contribution in [0.1, 0.15) is 31.0 Å². The van der Waals surface area contributed by atoms with Gasteiger partial charge in [0.05, 0.1) is 0 Å². The summed E-state index contributed by atoms with van der Waals surface area (Å²) in [5.41, 5.74) is 2.70. The molecule has 1 aromatic heterocycles. The Morgan fingerprint density at radius 1 is 1.11 bits per heavy atom. The van der Waals surface area contributed by atoms with Crippen molar-refractivity contribution in [2.45, 2.75) is 26.4 Å². The Balaban J connectivity index is 2.11. The highest BCUT2D eigenvalue weighted by molar-refractivity contribution is 5.19. The van der Waals surface area contributed by atoms with Gasteiger partial charge in [0.2, 0.25) is 0 Å². The molecule has 0 radical (unpaired) electrons. The smallest absolute Gasteiger partial charge is 0.0470 e. The first-order valence-corrected chi connectivity index (χ1v) is 6.57. The zero-order valence-electron chi connectivity index (χ0n) is 11.4. The number of nitrogens with zero attached hydrogens (tertiary/aromatic N) is 1. The highest BCUT2D eigenvalue weighted by atomic mass is 15.0. The lowest BCUT2D eigenvalue weighted by atomic mass is 9.99. The second-order valence-corrected chi connectivity index (χ2v) is 5.11. The Bertz CT molecular complexity index is 471. The number of rotatable bonds is 5. The minimum absolute atomic E-state index is 0.432. The molecule has 1 atom stereocenters. The second kappa shape index (κ2) is 5.87. The van der Waals surface area contributed by atoms with Gasteiger partial charge in [0.1, 0.15) is 0 Å². The minimum atomic E-state index is 0.432. The zero-order valence-corrected chi connectivity index (χ0v) is 11.4. The summed E-state index contributed by atoms with van der Waals surface area (Å²) in [4.78, 5) is 0. The highest BCUT2D eigenvalue weighted by Gasteiger charge is 2.14. The molecule has 1 heterocycles. The lowest BCUT2D eigenvalue weighted by Gasteiger charge is -2.18. The summed E-state index contributed by atoms with van der Waals surface area (Å²) in [5, 5.41) is 3.38. The van der Waals surface area contributed by atoms with Gasteiger partial charge in [-0.05, 0) is 30.2 Å². The van der Waals surface area contributed by atoms with Crippen LogP contribution in [-0.2, 0) is 6.54 Å². The van der Waals surface area contributed by atoms with Gasteiger partial charge in [-0.3, -0.25) is 0 Å². The van der Waals surface area contributed by atoms with Gasteiger partial charge >= 0.3 is 0 Å². The Kier molecular flexibility index (Phi) is 4.21. The number of hydrogen-bond acceptors (Lipinski definition) is 1. The van der Waals surface area contributed by atoms with Gasteiger partial charge in [-0.25, -0.2) is 0 Å². The highest BCUT2D eigenvalue weighted by Crippen LogP contribution is 2.21. The maximum Gasteiger partial charge on any atom is 0.0470 e. The standard InChI is InChI=1S/C16H22N2/c1-13(2)16(17-3)15-9-10-18(12-15)11-14-7-5-4-6-8-14/h4-10,12-13,16-17H,11H2,1-3H3. The molecule has 0 saturated carbocycles. The van der Waals surface area contributed by atoms with Gasteiger partial charge in [-0.2, -0.15) is 0 Å². The van der Waals surface area contributed by atoms with E-state index < -0.39 is 0 Å². The molecule has 96 valence electrons. The first kappa shape index (κ1) is 12.9. The van der Waals surface area contributed by atoms with Crippen LogP contribution < -0.4 is 5.32 Å². The Labute approximate surface area is 110 Å². The molecule has 2 nitrogen and oxygen atoms in total. The lowest BCUT2D eigenvalue weighted by Crippen LogP contribution is -2.21. The molecular weight excluding hydrogens is 220 g/mol. The van der Waals surface area contributed by atoms with E-state index in [1.807, 2.05) is 7.05 Å². The van der Waals surface area contributed by atoms with E-state index in [1.165, 1.54) is 11.1 Å². The van der Waals surface area contributed by atoms with Crippen molar-refractivity contribution in [1.29, 1.82) is 0 Å². The number of aromatic nitrogens is 1. The third-order valence-corrected chi connectivity index (χ3v) is 3.32. The molecule has 0 saturated heterocycles. The predicted octanol–water partition coefficient (Wildman–Crippen LogP) is 3.45. The third-order valence-electron chi connectivity index (χ3n) is 3.32. The first-order chi connectivity index (χ1) is 8.70. The van der Waals surface area contributed by atoms with Gasteiger partial charge in [-0.15, -0.1) is 0 Å². The predicted molar refractivity (Wildman–Crippen MR) is 76.6 cm³/mol. The molecule has 18 heavy (non-hydrogen) atoms. The van der Waals surface area contributed by atoms with Crippen LogP contribution in [-0.4, -0.2) is 11.6 Å². The summed E-state index contributed by atoms with van der Waals surface area (Å²) in [6.07, 6.45) is 4.41. The van der Waals surface area contributed by atoms with Crippen LogP contribution in [0.3, 0.4) is 0 Å². The van der Waals surface area contributed by atoms with E-state index in [9.17, 15) is 0 Å². The van der Waals surface area contributed by atoms with Crippen LogP contribution in [0.4, 0.5) is 0 Å². The van der Waals surface area contributed by atoms with Crippen molar-refractivity contribution in [2.24, 2.45) is 5.92 Å². The van der Waals surface area contributed by atoms with Gasteiger partial charge in [0, 0.05) is 25.0 Å². The quantitative estimate of drug-likeness (QED) is 0.849. The molecule has 2 aromatic rings. The molecule has 0 fully saturated rings. The van der Waals surface area contributed by atoms with Crippen LogP contribution in [0.5, 0.6) is 0 Å². The maximum atomic E-state index is 3.38. The van der Waals surface area contributed by atoms with E-state index in [0.29, 0.717) is 12.0 Å². The monoisotopic (exact) mass is 242 g/mol. The summed E-state index contributed by atoms with van der Waals surface area (Å²) in [6.45, 7) is 5.43. The van der Waals surface area contributed by atoms with Crippen LogP contribution in [0.25, 0.3) is 0 Å².